The van der Waals surface area contributed by atoms with Crippen LogP contribution in [0, 0.1) is 0 Å². The van der Waals surface area contributed by atoms with E-state index in [1.807, 2.05) is 6.07 Å². The van der Waals surface area contributed by atoms with Crippen LogP contribution in [0.3, 0.4) is 0 Å². The van der Waals surface area contributed by atoms with Crippen LogP contribution in [0.4, 0.5) is 5.13 Å². The van der Waals surface area contributed by atoms with Gasteiger partial charge in [-0.05, 0) is 42.3 Å². The van der Waals surface area contributed by atoms with E-state index in [-0.39, 0.29) is 5.91 Å². The Kier molecular flexibility index (Phi) is 7.61. The third kappa shape index (κ3) is 5.96. The van der Waals surface area contributed by atoms with Crippen LogP contribution in [0.25, 0.3) is 11.3 Å². The zero-order valence-electron chi connectivity index (χ0n) is 19.4. The van der Waals surface area contributed by atoms with Crippen molar-refractivity contribution in [2.24, 2.45) is 0 Å². The number of thiazole rings is 1. The van der Waals surface area contributed by atoms with Crippen LogP contribution < -0.4 is 14.8 Å². The Morgan fingerprint density at radius 1 is 1.14 bits per heavy atom. The van der Waals surface area contributed by atoms with Crippen LogP contribution in [-0.4, -0.2) is 55.0 Å². The number of carbonyl (C=O) groups excluding carboxylic acids is 3. The number of amides is 2. The Balaban J connectivity index is 1.33. The van der Waals surface area contributed by atoms with Gasteiger partial charge in [0.1, 0.15) is 11.5 Å². The smallest absolute Gasteiger partial charge is 0.338 e. The van der Waals surface area contributed by atoms with Crippen molar-refractivity contribution in [3.8, 4) is 22.8 Å². The molecule has 0 spiro atoms. The van der Waals surface area contributed by atoms with Crippen molar-refractivity contribution in [3.63, 3.8) is 0 Å². The summed E-state index contributed by atoms with van der Waals surface area (Å²) in [5.74, 6) is 0.276. The van der Waals surface area contributed by atoms with Crippen LogP contribution in [0.1, 0.15) is 28.8 Å². The summed E-state index contributed by atoms with van der Waals surface area (Å²) in [5.41, 5.74) is 2.50. The van der Waals surface area contributed by atoms with Gasteiger partial charge in [0.25, 0.3) is 5.91 Å². The van der Waals surface area contributed by atoms with Gasteiger partial charge < -0.3 is 19.1 Å². The van der Waals surface area contributed by atoms with Crippen molar-refractivity contribution in [2.75, 3.05) is 32.7 Å². The number of hydrogen-bond acceptors (Lipinski definition) is 8. The normalized spacial score (nSPS) is 13.0. The van der Waals surface area contributed by atoms with Gasteiger partial charge in [-0.2, -0.15) is 0 Å². The second-order valence-electron chi connectivity index (χ2n) is 7.85. The van der Waals surface area contributed by atoms with Crippen molar-refractivity contribution in [1.82, 2.24) is 9.88 Å². The molecule has 2 heterocycles. The molecule has 1 aromatic heterocycles. The van der Waals surface area contributed by atoms with Gasteiger partial charge in [-0.3, -0.25) is 14.9 Å². The Hall–Kier alpha value is -3.92. The summed E-state index contributed by atoms with van der Waals surface area (Å²) < 4.78 is 15.8. The number of likely N-dealkylation sites (tertiary alicyclic amines) is 1. The van der Waals surface area contributed by atoms with E-state index >= 15 is 0 Å². The van der Waals surface area contributed by atoms with Crippen molar-refractivity contribution in [3.05, 3.63) is 59.0 Å². The molecule has 10 heteroatoms. The molecular weight excluding hydrogens is 470 g/mol. The first-order valence-corrected chi connectivity index (χ1v) is 11.9. The Morgan fingerprint density at radius 2 is 2.00 bits per heavy atom. The highest BCUT2D eigenvalue weighted by Crippen LogP contribution is 2.35. The molecule has 182 valence electrons. The van der Waals surface area contributed by atoms with Gasteiger partial charge in [-0.1, -0.05) is 12.1 Å². The Morgan fingerprint density at radius 3 is 2.74 bits per heavy atom. The van der Waals surface area contributed by atoms with Gasteiger partial charge in [0, 0.05) is 30.5 Å². The summed E-state index contributed by atoms with van der Waals surface area (Å²) >= 11 is 1.24. The van der Waals surface area contributed by atoms with Crippen molar-refractivity contribution < 1.29 is 28.6 Å². The molecule has 1 saturated heterocycles. The van der Waals surface area contributed by atoms with E-state index < -0.39 is 18.5 Å². The van der Waals surface area contributed by atoms with Gasteiger partial charge in [0.15, 0.2) is 11.7 Å². The van der Waals surface area contributed by atoms with Crippen molar-refractivity contribution in [2.45, 2.75) is 19.4 Å². The molecule has 0 saturated carbocycles. The fraction of sp³-hybridized carbons (Fsp3) is 0.280. The van der Waals surface area contributed by atoms with E-state index in [2.05, 4.69) is 10.3 Å². The van der Waals surface area contributed by atoms with Crippen molar-refractivity contribution >= 4 is 34.3 Å². The lowest BCUT2D eigenvalue weighted by Gasteiger charge is -2.15. The molecule has 1 aliphatic heterocycles. The number of methoxy groups -OCH3 is 2. The molecule has 3 aromatic rings. The zero-order valence-corrected chi connectivity index (χ0v) is 20.2. The maximum atomic E-state index is 12.5. The summed E-state index contributed by atoms with van der Waals surface area (Å²) in [4.78, 5) is 42.8. The molecule has 4 rings (SSSR count). The molecule has 9 nitrogen and oxygen atoms in total. The number of ether oxygens (including phenoxy) is 3. The summed E-state index contributed by atoms with van der Waals surface area (Å²) in [6.45, 7) is 0.715. The monoisotopic (exact) mass is 495 g/mol. The van der Waals surface area contributed by atoms with Crippen LogP contribution in [0.5, 0.6) is 11.5 Å². The highest BCUT2D eigenvalue weighted by atomic mass is 32.1. The number of anilines is 1. The SMILES string of the molecule is COc1ccc(OC)c(-c2csc(NC(=O)COC(=O)c3cccc(CN4CCCC4=O)c3)n2)c1. The number of rotatable bonds is 9. The first kappa shape index (κ1) is 24.2. The molecule has 0 aliphatic carbocycles. The molecule has 2 aromatic carbocycles. The summed E-state index contributed by atoms with van der Waals surface area (Å²) in [5, 5.41) is 4.80. The second-order valence-corrected chi connectivity index (χ2v) is 8.71. The molecule has 1 aliphatic rings. The van der Waals surface area contributed by atoms with E-state index in [4.69, 9.17) is 14.2 Å². The number of carbonyl (C=O) groups is 3. The summed E-state index contributed by atoms with van der Waals surface area (Å²) in [7, 11) is 3.14. The standard InChI is InChI=1S/C25H25N3O6S/c1-32-18-8-9-21(33-2)19(12-18)20-15-35-25(26-20)27-22(29)14-34-24(31)17-6-3-5-16(11-17)13-28-10-4-7-23(28)30/h3,5-6,8-9,11-12,15H,4,7,10,13-14H2,1-2H3,(H,26,27,29). The van der Waals surface area contributed by atoms with Crippen LogP contribution >= 0.6 is 11.3 Å². The van der Waals surface area contributed by atoms with E-state index in [0.717, 1.165) is 24.1 Å². The number of esters is 1. The zero-order chi connectivity index (χ0) is 24.8. The second kappa shape index (κ2) is 11.0. The molecule has 0 radical (unpaired) electrons. The number of benzene rings is 2. The van der Waals surface area contributed by atoms with Gasteiger partial charge in [0.2, 0.25) is 5.91 Å². The molecule has 0 bridgehead atoms. The predicted molar refractivity (Wildman–Crippen MR) is 131 cm³/mol. The van der Waals surface area contributed by atoms with Crippen LogP contribution in [0.2, 0.25) is 0 Å². The number of hydrogen-bond donors (Lipinski definition) is 1. The molecule has 2 amide bonds. The number of aromatic nitrogens is 1. The lowest BCUT2D eigenvalue weighted by atomic mass is 10.1. The third-order valence-electron chi connectivity index (χ3n) is 5.47. The first-order chi connectivity index (χ1) is 17.0. The van der Waals surface area contributed by atoms with Gasteiger partial charge >= 0.3 is 5.97 Å². The van der Waals surface area contributed by atoms with E-state index in [0.29, 0.717) is 40.9 Å². The van der Waals surface area contributed by atoms with Gasteiger partial charge in [-0.25, -0.2) is 9.78 Å². The molecular formula is C25H25N3O6S. The maximum Gasteiger partial charge on any atom is 0.338 e. The Labute approximate surface area is 206 Å². The molecule has 0 atom stereocenters. The minimum atomic E-state index is -0.615. The van der Waals surface area contributed by atoms with Gasteiger partial charge in [-0.15, -0.1) is 11.3 Å². The minimum Gasteiger partial charge on any atom is -0.497 e. The molecule has 1 fully saturated rings. The number of nitrogens with zero attached hydrogens (tertiary/aromatic N) is 2. The topological polar surface area (TPSA) is 107 Å². The van der Waals surface area contributed by atoms with E-state index in [1.165, 1.54) is 11.3 Å². The minimum absolute atomic E-state index is 0.116. The summed E-state index contributed by atoms with van der Waals surface area (Å²) in [6.07, 6.45) is 1.41. The third-order valence-corrected chi connectivity index (χ3v) is 6.23. The van der Waals surface area contributed by atoms with Gasteiger partial charge in [0.05, 0.1) is 25.5 Å². The highest BCUT2D eigenvalue weighted by molar-refractivity contribution is 7.14. The molecule has 0 unspecified atom stereocenters. The van der Waals surface area contributed by atoms with E-state index in [1.54, 1.807) is 60.9 Å². The van der Waals surface area contributed by atoms with Crippen molar-refractivity contribution in [1.29, 1.82) is 0 Å². The maximum absolute atomic E-state index is 12.5. The summed E-state index contributed by atoms with van der Waals surface area (Å²) in [6, 6.07) is 12.2. The number of nitrogens with one attached hydrogen (secondary N) is 1. The molecule has 1 N–H and O–H groups in total. The lowest BCUT2D eigenvalue weighted by molar-refractivity contribution is -0.128. The average Bonchev–Trinajstić information content (AvgIpc) is 3.51. The van der Waals surface area contributed by atoms with Crippen LogP contribution in [0.15, 0.2) is 47.8 Å². The quantitative estimate of drug-likeness (QED) is 0.451. The fourth-order valence-corrected chi connectivity index (χ4v) is 4.45. The Bertz CT molecular complexity index is 1240. The largest absolute Gasteiger partial charge is 0.497 e. The first-order valence-electron chi connectivity index (χ1n) is 11.0. The average molecular weight is 496 g/mol. The highest BCUT2D eigenvalue weighted by Gasteiger charge is 2.21. The van der Waals surface area contributed by atoms with Crippen LogP contribution in [-0.2, 0) is 20.9 Å². The molecule has 35 heavy (non-hydrogen) atoms. The van der Waals surface area contributed by atoms with E-state index in [9.17, 15) is 14.4 Å². The lowest BCUT2D eigenvalue weighted by Crippen LogP contribution is -2.24. The fourth-order valence-electron chi connectivity index (χ4n) is 3.73. The predicted octanol–water partition coefficient (Wildman–Crippen LogP) is 3.75.